The van der Waals surface area contributed by atoms with Crippen molar-refractivity contribution in [2.24, 2.45) is 18.7 Å². The highest BCUT2D eigenvalue weighted by Crippen LogP contribution is 2.07. The van der Waals surface area contributed by atoms with Crippen molar-refractivity contribution in [1.82, 2.24) is 9.78 Å². The SMILES string of the molecule is CC(C)C(N)CC(=O)CCc1ccnn1C. The minimum absolute atomic E-state index is 0.0148. The van der Waals surface area contributed by atoms with Gasteiger partial charge in [-0.15, -0.1) is 0 Å². The highest BCUT2D eigenvalue weighted by molar-refractivity contribution is 5.79. The number of aryl methyl sites for hydroxylation is 2. The van der Waals surface area contributed by atoms with Crippen LogP contribution >= 0.6 is 0 Å². The Kier molecular flexibility index (Phi) is 4.68. The number of nitrogens with two attached hydrogens (primary N) is 1. The van der Waals surface area contributed by atoms with Gasteiger partial charge in [-0.25, -0.2) is 0 Å². The fourth-order valence-corrected chi connectivity index (χ4v) is 1.51. The Bertz CT molecular complexity index is 344. The zero-order valence-corrected chi connectivity index (χ0v) is 10.3. The van der Waals surface area contributed by atoms with Gasteiger partial charge in [0.05, 0.1) is 0 Å². The maximum atomic E-state index is 11.7. The number of aromatic nitrogens is 2. The summed E-state index contributed by atoms with van der Waals surface area (Å²) in [5, 5.41) is 4.06. The normalized spacial score (nSPS) is 13.1. The quantitative estimate of drug-likeness (QED) is 0.790. The second-order valence-electron chi connectivity index (χ2n) is 4.60. The van der Waals surface area contributed by atoms with Crippen LogP contribution in [0, 0.1) is 5.92 Å². The van der Waals surface area contributed by atoms with E-state index in [9.17, 15) is 4.79 Å². The van der Waals surface area contributed by atoms with Gasteiger partial charge in [0.1, 0.15) is 5.78 Å². The Hall–Kier alpha value is -1.16. The largest absolute Gasteiger partial charge is 0.327 e. The second kappa shape index (κ2) is 5.80. The lowest BCUT2D eigenvalue weighted by Gasteiger charge is -2.14. The summed E-state index contributed by atoms with van der Waals surface area (Å²) in [6.07, 6.45) is 3.54. The van der Waals surface area contributed by atoms with Crippen LogP contribution < -0.4 is 5.73 Å². The summed E-state index contributed by atoms with van der Waals surface area (Å²) in [7, 11) is 1.89. The van der Waals surface area contributed by atoms with Crippen LogP contribution in [-0.4, -0.2) is 21.6 Å². The lowest BCUT2D eigenvalue weighted by molar-refractivity contribution is -0.119. The number of Topliss-reactive ketones (excluding diaryl/α,β-unsaturated/α-hetero) is 1. The Morgan fingerprint density at radius 2 is 2.25 bits per heavy atom. The van der Waals surface area contributed by atoms with Crippen molar-refractivity contribution in [3.8, 4) is 0 Å². The van der Waals surface area contributed by atoms with E-state index in [2.05, 4.69) is 5.10 Å². The molecule has 16 heavy (non-hydrogen) atoms. The third kappa shape index (κ3) is 3.77. The molecule has 0 saturated heterocycles. The number of carbonyl (C=O) groups excluding carboxylic acids is 1. The average Bonchev–Trinajstić information content (AvgIpc) is 2.61. The van der Waals surface area contributed by atoms with Crippen LogP contribution in [0.5, 0.6) is 0 Å². The smallest absolute Gasteiger partial charge is 0.134 e. The molecular formula is C12H21N3O. The Labute approximate surface area is 96.8 Å². The van der Waals surface area contributed by atoms with Crippen LogP contribution in [0.3, 0.4) is 0 Å². The molecule has 0 radical (unpaired) electrons. The topological polar surface area (TPSA) is 60.9 Å². The van der Waals surface area contributed by atoms with Gasteiger partial charge >= 0.3 is 0 Å². The predicted molar refractivity (Wildman–Crippen MR) is 64.0 cm³/mol. The molecule has 0 fully saturated rings. The molecule has 1 aromatic rings. The van der Waals surface area contributed by atoms with Gasteiger partial charge in [-0.1, -0.05) is 13.8 Å². The first-order valence-corrected chi connectivity index (χ1v) is 5.75. The van der Waals surface area contributed by atoms with E-state index in [1.54, 1.807) is 10.9 Å². The number of hydrogen-bond donors (Lipinski definition) is 1. The van der Waals surface area contributed by atoms with Crippen molar-refractivity contribution in [2.75, 3.05) is 0 Å². The van der Waals surface area contributed by atoms with E-state index < -0.39 is 0 Å². The van der Waals surface area contributed by atoms with Crippen LogP contribution in [0.15, 0.2) is 12.3 Å². The van der Waals surface area contributed by atoms with Crippen molar-refractivity contribution >= 4 is 5.78 Å². The standard InChI is InChI=1S/C12H21N3O/c1-9(2)12(13)8-11(16)5-4-10-6-7-14-15(10)3/h6-7,9,12H,4-5,8,13H2,1-3H3. The molecule has 0 aromatic carbocycles. The molecule has 2 N–H and O–H groups in total. The van der Waals surface area contributed by atoms with E-state index in [1.807, 2.05) is 27.0 Å². The monoisotopic (exact) mass is 223 g/mol. The van der Waals surface area contributed by atoms with Gasteiger partial charge in [-0.3, -0.25) is 9.48 Å². The van der Waals surface area contributed by atoms with E-state index in [0.717, 1.165) is 12.1 Å². The van der Waals surface area contributed by atoms with Gasteiger partial charge in [0.2, 0.25) is 0 Å². The van der Waals surface area contributed by atoms with E-state index in [-0.39, 0.29) is 11.8 Å². The van der Waals surface area contributed by atoms with Crippen LogP contribution in [0.4, 0.5) is 0 Å². The fourth-order valence-electron chi connectivity index (χ4n) is 1.51. The first-order valence-electron chi connectivity index (χ1n) is 5.75. The maximum Gasteiger partial charge on any atom is 0.134 e. The van der Waals surface area contributed by atoms with E-state index in [4.69, 9.17) is 5.73 Å². The van der Waals surface area contributed by atoms with Gasteiger partial charge < -0.3 is 5.73 Å². The van der Waals surface area contributed by atoms with E-state index in [1.165, 1.54) is 0 Å². The molecule has 90 valence electrons. The summed E-state index contributed by atoms with van der Waals surface area (Å²) in [6.45, 7) is 4.08. The van der Waals surface area contributed by atoms with Crippen molar-refractivity contribution in [3.63, 3.8) is 0 Å². The number of carbonyl (C=O) groups is 1. The first kappa shape index (κ1) is 12.9. The number of ketones is 1. The van der Waals surface area contributed by atoms with Crippen LogP contribution in [0.1, 0.15) is 32.4 Å². The summed E-state index contributed by atoms with van der Waals surface area (Å²) < 4.78 is 1.80. The third-order valence-corrected chi connectivity index (χ3v) is 2.90. The van der Waals surface area contributed by atoms with Gasteiger partial charge in [0, 0.05) is 37.8 Å². The average molecular weight is 223 g/mol. The number of hydrogen-bond acceptors (Lipinski definition) is 3. The molecule has 1 atom stereocenters. The molecule has 0 amide bonds. The molecule has 0 aliphatic carbocycles. The van der Waals surface area contributed by atoms with Crippen molar-refractivity contribution in [1.29, 1.82) is 0 Å². The molecule has 1 unspecified atom stereocenters. The minimum Gasteiger partial charge on any atom is -0.327 e. The Balaban J connectivity index is 2.33. The zero-order valence-electron chi connectivity index (χ0n) is 10.3. The van der Waals surface area contributed by atoms with Crippen LogP contribution in [0.25, 0.3) is 0 Å². The summed E-state index contributed by atoms with van der Waals surface area (Å²) in [4.78, 5) is 11.7. The predicted octanol–water partition coefficient (Wildman–Crippen LogP) is 1.30. The van der Waals surface area contributed by atoms with Crippen molar-refractivity contribution in [3.05, 3.63) is 18.0 Å². The van der Waals surface area contributed by atoms with Gasteiger partial charge in [-0.2, -0.15) is 5.10 Å². The molecule has 0 aliphatic heterocycles. The first-order chi connectivity index (χ1) is 7.50. The third-order valence-electron chi connectivity index (χ3n) is 2.90. The Morgan fingerprint density at radius 1 is 1.56 bits per heavy atom. The van der Waals surface area contributed by atoms with Crippen molar-refractivity contribution in [2.45, 2.75) is 39.2 Å². The number of rotatable bonds is 6. The number of nitrogens with zero attached hydrogens (tertiary/aromatic N) is 2. The molecule has 1 rings (SSSR count). The summed E-state index contributed by atoms with van der Waals surface area (Å²) in [5.41, 5.74) is 6.95. The molecule has 0 bridgehead atoms. The molecule has 4 nitrogen and oxygen atoms in total. The molecule has 0 spiro atoms. The molecule has 4 heteroatoms. The minimum atomic E-state index is -0.0148. The fraction of sp³-hybridized carbons (Fsp3) is 0.667. The molecule has 1 heterocycles. The van der Waals surface area contributed by atoms with Crippen molar-refractivity contribution < 1.29 is 4.79 Å². The van der Waals surface area contributed by atoms with Crippen LogP contribution in [0.2, 0.25) is 0 Å². The lowest BCUT2D eigenvalue weighted by atomic mass is 9.98. The van der Waals surface area contributed by atoms with E-state index in [0.29, 0.717) is 18.8 Å². The molecule has 1 aromatic heterocycles. The highest BCUT2D eigenvalue weighted by atomic mass is 16.1. The van der Waals surface area contributed by atoms with Gasteiger partial charge in [0.15, 0.2) is 0 Å². The molecule has 0 saturated carbocycles. The molecular weight excluding hydrogens is 202 g/mol. The Morgan fingerprint density at radius 3 is 2.75 bits per heavy atom. The second-order valence-corrected chi connectivity index (χ2v) is 4.60. The summed E-state index contributed by atoms with van der Waals surface area (Å²) >= 11 is 0. The van der Waals surface area contributed by atoms with Crippen LogP contribution in [-0.2, 0) is 18.3 Å². The molecule has 0 aliphatic rings. The highest BCUT2D eigenvalue weighted by Gasteiger charge is 2.13. The zero-order chi connectivity index (χ0) is 12.1. The van der Waals surface area contributed by atoms with Gasteiger partial charge in [-0.05, 0) is 18.4 Å². The lowest BCUT2D eigenvalue weighted by Crippen LogP contribution is -2.29. The summed E-state index contributed by atoms with van der Waals surface area (Å²) in [5.74, 6) is 0.600. The summed E-state index contributed by atoms with van der Waals surface area (Å²) in [6, 6.07) is 1.93. The van der Waals surface area contributed by atoms with E-state index >= 15 is 0 Å². The van der Waals surface area contributed by atoms with Gasteiger partial charge in [0.25, 0.3) is 0 Å². The maximum absolute atomic E-state index is 11.7.